The van der Waals surface area contributed by atoms with Crippen LogP contribution < -0.4 is 14.8 Å². The van der Waals surface area contributed by atoms with Crippen molar-refractivity contribution in [3.8, 4) is 17.0 Å². The summed E-state index contributed by atoms with van der Waals surface area (Å²) in [6.07, 6.45) is 0. The molecule has 3 aromatic rings. The topological polar surface area (TPSA) is 97.4 Å². The Kier molecular flexibility index (Phi) is 6.55. The van der Waals surface area contributed by atoms with Crippen LogP contribution in [0.15, 0.2) is 47.4 Å². The zero-order chi connectivity index (χ0) is 21.9. The predicted molar refractivity (Wildman–Crippen MR) is 119 cm³/mol. The van der Waals surface area contributed by atoms with Gasteiger partial charge in [0.25, 0.3) is 5.91 Å². The predicted octanol–water partition coefficient (Wildman–Crippen LogP) is 3.99. The second-order valence-corrected chi connectivity index (χ2v) is 9.55. The van der Waals surface area contributed by atoms with Crippen molar-refractivity contribution in [2.45, 2.75) is 25.7 Å². The van der Waals surface area contributed by atoms with Gasteiger partial charge in [-0.25, -0.2) is 18.1 Å². The first-order chi connectivity index (χ1) is 14.2. The summed E-state index contributed by atoms with van der Waals surface area (Å²) in [6, 6.07) is 12.0. The molecule has 2 aromatic carbocycles. The smallest absolute Gasteiger partial charge is 0.257 e. The molecule has 0 aliphatic heterocycles. The molecule has 158 valence electrons. The standard InChI is InChI=1S/C21H23N3O4S2/c1-5-22-30(26,27)17-11-6-13(2)18(12-17)20(25)24-21-23-19(14(3)29-21)15-7-9-16(28-4)10-8-15/h6-12,22H,5H2,1-4H3,(H,23,24,25). The van der Waals surface area contributed by atoms with Crippen molar-refractivity contribution < 1.29 is 17.9 Å². The zero-order valence-corrected chi connectivity index (χ0v) is 18.8. The lowest BCUT2D eigenvalue weighted by atomic mass is 10.1. The number of aryl methyl sites for hydroxylation is 2. The van der Waals surface area contributed by atoms with E-state index in [0.29, 0.717) is 10.7 Å². The maximum absolute atomic E-state index is 12.8. The highest BCUT2D eigenvalue weighted by Gasteiger charge is 2.19. The average Bonchev–Trinajstić information content (AvgIpc) is 3.08. The number of methoxy groups -OCH3 is 1. The summed E-state index contributed by atoms with van der Waals surface area (Å²) in [5.74, 6) is 0.346. The van der Waals surface area contributed by atoms with Gasteiger partial charge in [0, 0.05) is 22.5 Å². The summed E-state index contributed by atoms with van der Waals surface area (Å²) < 4.78 is 32.1. The third-order valence-corrected chi connectivity index (χ3v) is 6.91. The Morgan fingerprint density at radius 3 is 2.47 bits per heavy atom. The highest BCUT2D eigenvalue weighted by Crippen LogP contribution is 2.31. The normalized spacial score (nSPS) is 11.3. The summed E-state index contributed by atoms with van der Waals surface area (Å²) in [4.78, 5) is 18.4. The van der Waals surface area contributed by atoms with Gasteiger partial charge in [0.05, 0.1) is 17.7 Å². The number of amides is 1. The lowest BCUT2D eigenvalue weighted by molar-refractivity contribution is 0.102. The third kappa shape index (κ3) is 4.69. The molecular weight excluding hydrogens is 422 g/mol. The number of nitrogens with one attached hydrogen (secondary N) is 2. The Hall–Kier alpha value is -2.75. The molecular formula is C21H23N3O4S2. The van der Waals surface area contributed by atoms with Crippen molar-refractivity contribution in [1.82, 2.24) is 9.71 Å². The number of anilines is 1. The number of ether oxygens (including phenoxy) is 1. The molecule has 0 saturated heterocycles. The monoisotopic (exact) mass is 445 g/mol. The Balaban J connectivity index is 1.86. The van der Waals surface area contributed by atoms with Crippen LogP contribution >= 0.6 is 11.3 Å². The highest BCUT2D eigenvalue weighted by atomic mass is 32.2. The number of nitrogens with zero attached hydrogens (tertiary/aromatic N) is 1. The number of benzene rings is 2. The maximum atomic E-state index is 12.8. The van der Waals surface area contributed by atoms with Gasteiger partial charge >= 0.3 is 0 Å². The molecule has 0 saturated carbocycles. The Morgan fingerprint density at radius 1 is 1.13 bits per heavy atom. The summed E-state index contributed by atoms with van der Waals surface area (Å²) in [7, 11) is -2.05. The van der Waals surface area contributed by atoms with Crippen LogP contribution in [0.25, 0.3) is 11.3 Å². The SMILES string of the molecule is CCNS(=O)(=O)c1ccc(C)c(C(=O)Nc2nc(-c3ccc(OC)cc3)c(C)s2)c1. The molecule has 1 aromatic heterocycles. The second kappa shape index (κ2) is 8.95. The molecule has 1 heterocycles. The van der Waals surface area contributed by atoms with E-state index < -0.39 is 15.9 Å². The van der Waals surface area contributed by atoms with Crippen LogP contribution in [0, 0.1) is 13.8 Å². The van der Waals surface area contributed by atoms with Gasteiger partial charge in [-0.3, -0.25) is 10.1 Å². The largest absolute Gasteiger partial charge is 0.497 e. The van der Waals surface area contributed by atoms with Gasteiger partial charge in [-0.05, 0) is 55.8 Å². The molecule has 0 atom stereocenters. The van der Waals surface area contributed by atoms with Crippen molar-refractivity contribution in [2.24, 2.45) is 0 Å². The Labute approximate surface area is 180 Å². The number of thiazole rings is 1. The van der Waals surface area contributed by atoms with Crippen LogP contribution in [0.4, 0.5) is 5.13 Å². The molecule has 0 fully saturated rings. The number of carbonyl (C=O) groups excluding carboxylic acids is 1. The molecule has 9 heteroatoms. The van der Waals surface area contributed by atoms with E-state index in [1.165, 1.54) is 23.5 Å². The van der Waals surface area contributed by atoms with Crippen molar-refractivity contribution >= 4 is 32.4 Å². The first-order valence-corrected chi connectivity index (χ1v) is 11.6. The van der Waals surface area contributed by atoms with Crippen LogP contribution in [0.1, 0.15) is 27.7 Å². The van der Waals surface area contributed by atoms with E-state index in [1.54, 1.807) is 27.0 Å². The van der Waals surface area contributed by atoms with Gasteiger partial charge < -0.3 is 4.74 Å². The molecule has 0 radical (unpaired) electrons. The van der Waals surface area contributed by atoms with Crippen LogP contribution in [0.3, 0.4) is 0 Å². The van der Waals surface area contributed by atoms with Gasteiger partial charge in [0.2, 0.25) is 10.0 Å². The summed E-state index contributed by atoms with van der Waals surface area (Å²) in [5.41, 5.74) is 2.65. The van der Waals surface area contributed by atoms with Crippen molar-refractivity contribution in [3.05, 3.63) is 58.5 Å². The van der Waals surface area contributed by atoms with E-state index in [-0.39, 0.29) is 17.0 Å². The fourth-order valence-electron chi connectivity index (χ4n) is 2.92. The Morgan fingerprint density at radius 2 is 1.83 bits per heavy atom. The molecule has 0 spiro atoms. The maximum Gasteiger partial charge on any atom is 0.257 e. The Bertz CT molecular complexity index is 1170. The minimum absolute atomic E-state index is 0.0503. The first-order valence-electron chi connectivity index (χ1n) is 9.28. The van der Waals surface area contributed by atoms with Gasteiger partial charge in [-0.15, -0.1) is 11.3 Å². The number of hydrogen-bond donors (Lipinski definition) is 2. The molecule has 3 rings (SSSR count). The average molecular weight is 446 g/mol. The number of aromatic nitrogens is 1. The van der Waals surface area contributed by atoms with E-state index >= 15 is 0 Å². The molecule has 0 aliphatic rings. The third-order valence-electron chi connectivity index (χ3n) is 4.48. The van der Waals surface area contributed by atoms with Crippen LogP contribution in [-0.4, -0.2) is 33.0 Å². The van der Waals surface area contributed by atoms with E-state index in [4.69, 9.17) is 4.74 Å². The van der Waals surface area contributed by atoms with Crippen molar-refractivity contribution in [3.63, 3.8) is 0 Å². The quantitative estimate of drug-likeness (QED) is 0.573. The molecule has 7 nitrogen and oxygen atoms in total. The molecule has 0 bridgehead atoms. The van der Waals surface area contributed by atoms with Gasteiger partial charge in [-0.1, -0.05) is 13.0 Å². The van der Waals surface area contributed by atoms with Gasteiger partial charge in [-0.2, -0.15) is 0 Å². The lowest BCUT2D eigenvalue weighted by Crippen LogP contribution is -2.24. The number of sulfonamides is 1. The van der Waals surface area contributed by atoms with Crippen LogP contribution in [0.5, 0.6) is 5.75 Å². The molecule has 1 amide bonds. The summed E-state index contributed by atoms with van der Waals surface area (Å²) in [6.45, 7) is 5.66. The molecule has 2 N–H and O–H groups in total. The molecule has 0 aliphatic carbocycles. The first kappa shape index (κ1) is 21.9. The summed E-state index contributed by atoms with van der Waals surface area (Å²) in [5, 5.41) is 3.24. The summed E-state index contributed by atoms with van der Waals surface area (Å²) >= 11 is 1.36. The van der Waals surface area contributed by atoms with E-state index in [1.807, 2.05) is 31.2 Å². The molecule has 0 unspecified atom stereocenters. The van der Waals surface area contributed by atoms with E-state index in [9.17, 15) is 13.2 Å². The lowest BCUT2D eigenvalue weighted by Gasteiger charge is -2.09. The number of hydrogen-bond acceptors (Lipinski definition) is 6. The highest BCUT2D eigenvalue weighted by molar-refractivity contribution is 7.89. The van der Waals surface area contributed by atoms with Gasteiger partial charge in [0.1, 0.15) is 5.75 Å². The minimum atomic E-state index is -3.65. The second-order valence-electron chi connectivity index (χ2n) is 6.58. The fourth-order valence-corrected chi connectivity index (χ4v) is 4.82. The zero-order valence-electron chi connectivity index (χ0n) is 17.1. The van der Waals surface area contributed by atoms with Gasteiger partial charge in [0.15, 0.2) is 5.13 Å². The number of rotatable bonds is 7. The number of carbonyl (C=O) groups is 1. The van der Waals surface area contributed by atoms with E-state index in [2.05, 4.69) is 15.0 Å². The van der Waals surface area contributed by atoms with E-state index in [0.717, 1.165) is 21.9 Å². The minimum Gasteiger partial charge on any atom is -0.497 e. The van der Waals surface area contributed by atoms with Crippen molar-refractivity contribution in [1.29, 1.82) is 0 Å². The van der Waals surface area contributed by atoms with Crippen molar-refractivity contribution in [2.75, 3.05) is 19.0 Å². The molecule has 30 heavy (non-hydrogen) atoms. The van der Waals surface area contributed by atoms with Crippen LogP contribution in [-0.2, 0) is 10.0 Å². The van der Waals surface area contributed by atoms with Crippen LogP contribution in [0.2, 0.25) is 0 Å². The fraction of sp³-hybridized carbons (Fsp3) is 0.238.